The maximum Gasteiger partial charge on any atom is 0.104 e. The minimum atomic E-state index is 0. The first-order chi connectivity index (χ1) is 10.4. The zero-order chi connectivity index (χ0) is 15.0. The summed E-state index contributed by atoms with van der Waals surface area (Å²) >= 11 is 0. The van der Waals surface area contributed by atoms with Crippen molar-refractivity contribution in [2.45, 2.75) is 110 Å². The predicted octanol–water partition coefficient (Wildman–Crippen LogP) is 6.52. The normalized spacial score (nSPS) is 16.5. The molecule has 0 amide bonds. The van der Waals surface area contributed by atoms with Crippen molar-refractivity contribution in [1.82, 2.24) is 0 Å². The zero-order valence-corrected chi connectivity index (χ0v) is 14.4. The van der Waals surface area contributed by atoms with Crippen LogP contribution in [-0.2, 0) is 9.47 Å². The molecule has 0 saturated carbocycles. The maximum atomic E-state index is 5.54. The van der Waals surface area contributed by atoms with Crippen LogP contribution in [0.1, 0.15) is 104 Å². The summed E-state index contributed by atoms with van der Waals surface area (Å²) in [5.41, 5.74) is 0. The fourth-order valence-electron chi connectivity index (χ4n) is 2.78. The van der Waals surface area contributed by atoms with E-state index in [1.807, 2.05) is 0 Å². The molecule has 1 fully saturated rings. The molecule has 1 aliphatic heterocycles. The van der Waals surface area contributed by atoms with Crippen LogP contribution in [0.2, 0.25) is 0 Å². The van der Waals surface area contributed by atoms with Crippen LogP contribution in [0.15, 0.2) is 0 Å². The van der Waals surface area contributed by atoms with Gasteiger partial charge in [0.1, 0.15) is 6.10 Å². The van der Waals surface area contributed by atoms with Gasteiger partial charge in [-0.3, -0.25) is 0 Å². The summed E-state index contributed by atoms with van der Waals surface area (Å²) in [6, 6.07) is 0. The van der Waals surface area contributed by atoms with E-state index in [1.165, 1.54) is 89.9 Å². The van der Waals surface area contributed by atoms with Crippen LogP contribution in [0.25, 0.3) is 0 Å². The molecule has 2 heteroatoms. The zero-order valence-electron chi connectivity index (χ0n) is 14.4. The van der Waals surface area contributed by atoms with E-state index in [9.17, 15) is 0 Å². The van der Waals surface area contributed by atoms with Crippen LogP contribution in [0, 0.1) is 0 Å². The molecule has 0 aromatic carbocycles. The Morgan fingerprint density at radius 3 is 1.55 bits per heavy atom. The number of unbranched alkanes of at least 4 members (excludes halogenated alkanes) is 13. The molecule has 22 heavy (non-hydrogen) atoms. The van der Waals surface area contributed by atoms with Crippen LogP contribution >= 0.6 is 0 Å². The third-order valence-electron chi connectivity index (χ3n) is 4.35. The van der Waals surface area contributed by atoms with Gasteiger partial charge in [0.2, 0.25) is 0 Å². The molecule has 2 nitrogen and oxygen atoms in total. The van der Waals surface area contributed by atoms with E-state index in [0.29, 0.717) is 6.10 Å². The van der Waals surface area contributed by atoms with E-state index in [0.717, 1.165) is 19.8 Å². The summed E-state index contributed by atoms with van der Waals surface area (Å²) in [7, 11) is 0. The molecule has 0 N–H and O–H groups in total. The molecule has 1 unspecified atom stereocenters. The molecular formula is C20H42O2. The number of ether oxygens (including phenoxy) is 2. The average molecular weight is 315 g/mol. The van der Waals surface area contributed by atoms with Gasteiger partial charge in [0, 0.05) is 6.61 Å². The number of epoxide rings is 1. The van der Waals surface area contributed by atoms with Crippen molar-refractivity contribution in [3.8, 4) is 0 Å². The third-order valence-corrected chi connectivity index (χ3v) is 4.35. The SMILES string of the molecule is C.CCCCCCCCCCCCCCCCOCC1CO1. The van der Waals surface area contributed by atoms with E-state index in [-0.39, 0.29) is 7.43 Å². The van der Waals surface area contributed by atoms with Crippen molar-refractivity contribution >= 4 is 0 Å². The Morgan fingerprint density at radius 1 is 0.727 bits per heavy atom. The van der Waals surface area contributed by atoms with Crippen molar-refractivity contribution < 1.29 is 9.47 Å². The molecule has 0 bridgehead atoms. The van der Waals surface area contributed by atoms with Crippen molar-refractivity contribution in [2.24, 2.45) is 0 Å². The van der Waals surface area contributed by atoms with Crippen LogP contribution in [0.4, 0.5) is 0 Å². The van der Waals surface area contributed by atoms with Gasteiger partial charge in [0.25, 0.3) is 0 Å². The number of rotatable bonds is 17. The summed E-state index contributed by atoms with van der Waals surface area (Å²) in [6.07, 6.45) is 20.2. The Balaban J connectivity index is 0.00000441. The van der Waals surface area contributed by atoms with E-state index in [4.69, 9.17) is 9.47 Å². The topological polar surface area (TPSA) is 21.8 Å². The molecule has 1 rings (SSSR count). The molecule has 1 heterocycles. The lowest BCUT2D eigenvalue weighted by Gasteiger charge is -2.04. The van der Waals surface area contributed by atoms with Crippen molar-refractivity contribution in [3.05, 3.63) is 0 Å². The van der Waals surface area contributed by atoms with Crippen LogP contribution in [0.5, 0.6) is 0 Å². The van der Waals surface area contributed by atoms with Gasteiger partial charge in [-0.25, -0.2) is 0 Å². The highest BCUT2D eigenvalue weighted by Gasteiger charge is 2.21. The summed E-state index contributed by atoms with van der Waals surface area (Å²) in [4.78, 5) is 0. The van der Waals surface area contributed by atoms with Gasteiger partial charge in [0.15, 0.2) is 0 Å². The molecule has 0 aromatic heterocycles. The average Bonchev–Trinajstić information content (AvgIpc) is 3.31. The Hall–Kier alpha value is -0.0800. The Labute approximate surface area is 140 Å². The van der Waals surface area contributed by atoms with E-state index < -0.39 is 0 Å². The summed E-state index contributed by atoms with van der Waals surface area (Å²) in [6.45, 7) is 4.95. The lowest BCUT2D eigenvalue weighted by Crippen LogP contribution is -2.02. The van der Waals surface area contributed by atoms with Gasteiger partial charge in [-0.2, -0.15) is 0 Å². The first kappa shape index (κ1) is 21.9. The molecule has 0 radical (unpaired) electrons. The summed E-state index contributed by atoms with van der Waals surface area (Å²) in [5.74, 6) is 0. The highest BCUT2D eigenvalue weighted by atomic mass is 16.6. The lowest BCUT2D eigenvalue weighted by molar-refractivity contribution is 0.113. The summed E-state index contributed by atoms with van der Waals surface area (Å²) in [5, 5.41) is 0. The van der Waals surface area contributed by atoms with Gasteiger partial charge < -0.3 is 9.47 Å². The number of hydrogen-bond donors (Lipinski definition) is 0. The number of hydrogen-bond acceptors (Lipinski definition) is 2. The van der Waals surface area contributed by atoms with Crippen molar-refractivity contribution in [2.75, 3.05) is 19.8 Å². The molecule has 0 spiro atoms. The predicted molar refractivity (Wildman–Crippen MR) is 97.6 cm³/mol. The monoisotopic (exact) mass is 314 g/mol. The van der Waals surface area contributed by atoms with Gasteiger partial charge in [-0.1, -0.05) is 97.8 Å². The molecule has 1 saturated heterocycles. The first-order valence-electron chi connectivity index (χ1n) is 9.63. The fraction of sp³-hybridized carbons (Fsp3) is 1.00. The molecule has 0 aliphatic carbocycles. The second-order valence-corrected chi connectivity index (χ2v) is 6.63. The quantitative estimate of drug-likeness (QED) is 0.225. The Morgan fingerprint density at radius 2 is 1.14 bits per heavy atom. The maximum absolute atomic E-state index is 5.54. The lowest BCUT2D eigenvalue weighted by atomic mass is 10.0. The van der Waals surface area contributed by atoms with E-state index in [1.54, 1.807) is 0 Å². The highest BCUT2D eigenvalue weighted by molar-refractivity contribution is 4.66. The van der Waals surface area contributed by atoms with Crippen LogP contribution in [-0.4, -0.2) is 25.9 Å². The second kappa shape index (κ2) is 17.3. The standard InChI is InChI=1S/C19H38O2.CH4/c1-2-3-4-5-6-7-8-9-10-11-12-13-14-15-16-20-17-19-18-21-19;/h19H,2-18H2,1H3;1H4. The summed E-state index contributed by atoms with van der Waals surface area (Å²) < 4.78 is 10.6. The minimum Gasteiger partial charge on any atom is -0.379 e. The van der Waals surface area contributed by atoms with Gasteiger partial charge in [-0.15, -0.1) is 0 Å². The van der Waals surface area contributed by atoms with E-state index in [2.05, 4.69) is 6.92 Å². The largest absolute Gasteiger partial charge is 0.379 e. The van der Waals surface area contributed by atoms with Crippen molar-refractivity contribution in [1.29, 1.82) is 0 Å². The minimum absolute atomic E-state index is 0. The van der Waals surface area contributed by atoms with Crippen molar-refractivity contribution in [3.63, 3.8) is 0 Å². The van der Waals surface area contributed by atoms with Gasteiger partial charge >= 0.3 is 0 Å². The fourth-order valence-corrected chi connectivity index (χ4v) is 2.78. The first-order valence-corrected chi connectivity index (χ1v) is 9.63. The third kappa shape index (κ3) is 16.3. The van der Waals surface area contributed by atoms with Crippen LogP contribution < -0.4 is 0 Å². The Kier molecular flexibility index (Phi) is 17.2. The molecular weight excluding hydrogens is 272 g/mol. The smallest absolute Gasteiger partial charge is 0.104 e. The van der Waals surface area contributed by atoms with Gasteiger partial charge in [-0.05, 0) is 6.42 Å². The van der Waals surface area contributed by atoms with Gasteiger partial charge in [0.05, 0.1) is 13.2 Å². The Bertz CT molecular complexity index is 202. The highest BCUT2D eigenvalue weighted by Crippen LogP contribution is 2.13. The molecule has 1 atom stereocenters. The second-order valence-electron chi connectivity index (χ2n) is 6.63. The molecule has 1 aliphatic rings. The molecule has 134 valence electrons. The van der Waals surface area contributed by atoms with E-state index >= 15 is 0 Å². The van der Waals surface area contributed by atoms with Crippen LogP contribution in [0.3, 0.4) is 0 Å². The molecule has 0 aromatic rings.